The van der Waals surface area contributed by atoms with Gasteiger partial charge in [-0.25, -0.2) is 0 Å². The van der Waals surface area contributed by atoms with Crippen molar-refractivity contribution in [1.82, 2.24) is 0 Å². The van der Waals surface area contributed by atoms with Crippen molar-refractivity contribution in [3.05, 3.63) is 0 Å². The fourth-order valence-corrected chi connectivity index (χ4v) is 0. The molecule has 0 rings (SSSR count). The molecular weight excluding hydrogens is 363 g/mol. The third-order valence-corrected chi connectivity index (χ3v) is 0. The molecule has 0 unspecified atom stereocenters. The molecule has 10 heteroatoms. The molecule has 0 aromatic rings. The average molecular weight is 371 g/mol. The Balaban J connectivity index is -0.00000000800. The maximum atomic E-state index is 8.97. The Morgan fingerprint density at radius 1 is 0.700 bits per heavy atom. The van der Waals surface area contributed by atoms with Crippen LogP contribution in [-0.4, -0.2) is 30.2 Å². The Kier molecular flexibility index (Phi) is 69.4. The van der Waals surface area contributed by atoms with Crippen LogP contribution in [0.2, 0.25) is 0 Å². The van der Waals surface area contributed by atoms with Crippen LogP contribution in [-0.2, 0) is 3.02 Å². The zero-order valence-electron chi connectivity index (χ0n) is 4.24. The third kappa shape index (κ3) is 210. The van der Waals surface area contributed by atoms with Crippen LogP contribution in [0, 0.1) is 0 Å². The Hall–Kier alpha value is 1.95. The van der Waals surface area contributed by atoms with Gasteiger partial charge < -0.3 is 0 Å². The van der Waals surface area contributed by atoms with Crippen LogP contribution in [0.5, 0.6) is 0 Å². The molecule has 0 fully saturated rings. The van der Waals surface area contributed by atoms with Crippen LogP contribution in [0.4, 0.5) is 0 Å². The second-order valence-corrected chi connectivity index (χ2v) is 3.44. The number of halogens is 5. The van der Waals surface area contributed by atoms with Crippen molar-refractivity contribution < 1.29 is 13.2 Å². The molecule has 0 atom stereocenters. The molecule has 0 bridgehead atoms. The van der Waals surface area contributed by atoms with E-state index in [1.165, 1.54) is 0 Å². The Morgan fingerprint density at radius 2 is 0.700 bits per heavy atom. The van der Waals surface area contributed by atoms with E-state index < -0.39 is 20.1 Å². The van der Waals surface area contributed by atoms with Gasteiger partial charge in [-0.2, -0.15) is 0 Å². The predicted octanol–water partition coefficient (Wildman–Crippen LogP) is -0.0616. The van der Waals surface area contributed by atoms with Crippen molar-refractivity contribution in [3.63, 3.8) is 0 Å². The molecule has 4 nitrogen and oxygen atoms in total. The molecule has 3 N–H and O–H groups in total. The zero-order valence-corrected chi connectivity index (χ0v) is 10.9. The van der Waals surface area contributed by atoms with E-state index in [1.54, 1.807) is 0 Å². The molecule has 10 heavy (non-hydrogen) atoms. The van der Waals surface area contributed by atoms with E-state index in [4.69, 9.17) is 13.2 Å². The SMILES string of the molecule is Cl.Cl.Cl.Cl.Cl.[O]=[Sb]([OH])([OH])[OH]. The van der Waals surface area contributed by atoms with Gasteiger partial charge in [-0.15, -0.1) is 62.0 Å². The molecule has 0 heterocycles. The molecule has 72 valence electrons. The quantitative estimate of drug-likeness (QED) is 0.522. The van der Waals surface area contributed by atoms with Gasteiger partial charge in [-0.1, -0.05) is 0 Å². The minimum atomic E-state index is -5.35. The molecule has 0 aromatic carbocycles. The first-order valence-corrected chi connectivity index (χ1v) is 5.25. The summed E-state index contributed by atoms with van der Waals surface area (Å²) in [6.45, 7) is 0. The fraction of sp³-hybridized carbons (Fsp3) is 0. The summed E-state index contributed by atoms with van der Waals surface area (Å²) in [5, 5.41) is 0. The van der Waals surface area contributed by atoms with E-state index in [0.29, 0.717) is 0 Å². The van der Waals surface area contributed by atoms with Crippen molar-refractivity contribution in [1.29, 1.82) is 0 Å². The summed E-state index contributed by atoms with van der Waals surface area (Å²) in [5.74, 6) is 0. The van der Waals surface area contributed by atoms with E-state index in [-0.39, 0.29) is 62.0 Å². The Bertz CT molecular complexity index is 59.8. The van der Waals surface area contributed by atoms with Crippen LogP contribution in [0.15, 0.2) is 0 Å². The van der Waals surface area contributed by atoms with Crippen LogP contribution in [0.3, 0.4) is 0 Å². The van der Waals surface area contributed by atoms with E-state index in [0.717, 1.165) is 0 Å². The Labute approximate surface area is 94.5 Å². The molecule has 0 amide bonds. The second-order valence-electron chi connectivity index (χ2n) is 0.513. The summed E-state index contributed by atoms with van der Waals surface area (Å²) >= 11 is -5.35. The van der Waals surface area contributed by atoms with Gasteiger partial charge in [0.15, 0.2) is 0 Å². The third-order valence-electron chi connectivity index (χ3n) is 0. The molecule has 0 saturated carbocycles. The van der Waals surface area contributed by atoms with Gasteiger partial charge in [-0.05, 0) is 0 Å². The summed E-state index contributed by atoms with van der Waals surface area (Å²) in [5.41, 5.74) is 0. The molecule has 0 aliphatic rings. The zero-order chi connectivity index (χ0) is 4.50. The summed E-state index contributed by atoms with van der Waals surface area (Å²) in [7, 11) is 0. The van der Waals surface area contributed by atoms with E-state index in [1.807, 2.05) is 0 Å². The monoisotopic (exact) mass is 368 g/mol. The maximum absolute atomic E-state index is 8.97. The van der Waals surface area contributed by atoms with Crippen molar-refractivity contribution in [3.8, 4) is 0 Å². The van der Waals surface area contributed by atoms with Gasteiger partial charge in [0.25, 0.3) is 0 Å². The van der Waals surface area contributed by atoms with E-state index in [9.17, 15) is 0 Å². The first-order valence-electron chi connectivity index (χ1n) is 0.783. The van der Waals surface area contributed by atoms with Gasteiger partial charge in [-0.3, -0.25) is 0 Å². The van der Waals surface area contributed by atoms with Crippen LogP contribution >= 0.6 is 62.0 Å². The first-order chi connectivity index (χ1) is 2.00. The number of hydrogen-bond acceptors (Lipinski definition) is 1. The van der Waals surface area contributed by atoms with E-state index >= 15 is 0 Å². The topological polar surface area (TPSA) is 77.8 Å². The predicted molar refractivity (Wildman–Crippen MR) is 49.3 cm³/mol. The van der Waals surface area contributed by atoms with Crippen LogP contribution in [0.1, 0.15) is 0 Å². The molecule has 0 spiro atoms. The Morgan fingerprint density at radius 3 is 0.700 bits per heavy atom. The summed E-state index contributed by atoms with van der Waals surface area (Å²) in [6, 6.07) is 0. The van der Waals surface area contributed by atoms with Gasteiger partial charge in [0.2, 0.25) is 0 Å². The van der Waals surface area contributed by atoms with Crippen LogP contribution < -0.4 is 0 Å². The normalized spacial score (nSPS) is 5.90. The first kappa shape index (κ1) is 40.5. The molecule has 0 aliphatic heterocycles. The molecule has 0 aliphatic carbocycles. The van der Waals surface area contributed by atoms with Crippen molar-refractivity contribution in [2.24, 2.45) is 0 Å². The second kappa shape index (κ2) is 17.2. The van der Waals surface area contributed by atoms with E-state index in [2.05, 4.69) is 0 Å². The molecule has 0 saturated heterocycles. The van der Waals surface area contributed by atoms with Gasteiger partial charge in [0.05, 0.1) is 0 Å². The number of rotatable bonds is 0. The standard InChI is InChI=1S/5ClH.3H2O.O.Sb/h5*1H;3*1H2;;/q;;;;;;;;;+3/p-3. The summed E-state index contributed by atoms with van der Waals surface area (Å²) in [6.07, 6.45) is 0. The fourth-order valence-electron chi connectivity index (χ4n) is 0. The van der Waals surface area contributed by atoms with Gasteiger partial charge in [0.1, 0.15) is 0 Å². The summed E-state index contributed by atoms with van der Waals surface area (Å²) in [4.78, 5) is 0. The summed E-state index contributed by atoms with van der Waals surface area (Å²) < 4.78 is 30.8. The number of hydrogen-bond donors (Lipinski definition) is 3. The average Bonchev–Trinajstić information content (AvgIpc) is 0.722. The van der Waals surface area contributed by atoms with Gasteiger partial charge in [0, 0.05) is 0 Å². The van der Waals surface area contributed by atoms with Crippen molar-refractivity contribution in [2.75, 3.05) is 0 Å². The minimum absolute atomic E-state index is 0. The van der Waals surface area contributed by atoms with Gasteiger partial charge >= 0.3 is 33.2 Å². The van der Waals surface area contributed by atoms with Crippen LogP contribution in [0.25, 0.3) is 0 Å². The molecular formula is H8Cl5O4Sb. The molecule has 0 radical (unpaired) electrons. The van der Waals surface area contributed by atoms with Crippen molar-refractivity contribution in [2.45, 2.75) is 0 Å². The molecule has 0 aromatic heterocycles. The van der Waals surface area contributed by atoms with Crippen molar-refractivity contribution >= 4 is 82.1 Å².